The molecule has 0 bridgehead atoms. The number of likely N-dealkylation sites (N-methyl/N-ethyl adjacent to an activating group) is 1. The standard InChI is InChI=1S/C62H103NO8/c1-6-8-10-12-14-16-18-20-22-24-26-28-29-30-31-33-35-37-39-41-43-45-47-49-51-53-60(65)71-58(57-70-62(61(66)67)68-55-54-63(3,4)5)56-69-59(64)52-50-48-46-44-42-40-38-36-34-32-27-25-23-21-19-17-15-13-11-9-7-2/h8-11,14-17,20-23,26-28,30-32,58,62H,6-7,12-13,18-19,24-25,29,33-57H2,1-5H3/p+1/b10-8-,11-9-,16-14-,17-15-,22-20-,23-21-,28-26-,31-30-,32-27-. The van der Waals surface area contributed by atoms with Crippen molar-refractivity contribution in [1.29, 1.82) is 0 Å². The van der Waals surface area contributed by atoms with Crippen LogP contribution in [0.3, 0.4) is 0 Å². The number of carboxylic acids is 1. The molecule has 1 N–H and O–H groups in total. The van der Waals surface area contributed by atoms with Crippen molar-refractivity contribution in [3.8, 4) is 0 Å². The molecule has 0 amide bonds. The number of aliphatic carboxylic acids is 1. The molecule has 0 aromatic rings. The first kappa shape index (κ1) is 67.0. The van der Waals surface area contributed by atoms with Crippen molar-refractivity contribution in [3.63, 3.8) is 0 Å². The Morgan fingerprint density at radius 1 is 0.423 bits per heavy atom. The zero-order chi connectivity index (χ0) is 52.0. The lowest BCUT2D eigenvalue weighted by atomic mass is 10.1. The maximum Gasteiger partial charge on any atom is 0.361 e. The molecule has 9 heteroatoms. The Balaban J connectivity index is 4.32. The summed E-state index contributed by atoms with van der Waals surface area (Å²) in [5.41, 5.74) is 0. The lowest BCUT2D eigenvalue weighted by Gasteiger charge is -2.25. The highest BCUT2D eigenvalue weighted by atomic mass is 16.7. The molecule has 0 spiro atoms. The molecule has 0 aliphatic heterocycles. The van der Waals surface area contributed by atoms with Gasteiger partial charge in [-0.1, -0.05) is 207 Å². The lowest BCUT2D eigenvalue weighted by molar-refractivity contribution is -0.870. The van der Waals surface area contributed by atoms with Crippen molar-refractivity contribution in [2.24, 2.45) is 0 Å². The van der Waals surface area contributed by atoms with Crippen LogP contribution < -0.4 is 0 Å². The molecule has 0 heterocycles. The Bertz CT molecular complexity index is 1530. The van der Waals surface area contributed by atoms with Gasteiger partial charge in [-0.25, -0.2) is 4.79 Å². The minimum absolute atomic E-state index is 0.179. The highest BCUT2D eigenvalue weighted by Crippen LogP contribution is 2.15. The molecular formula is C62H104NO8+. The number of hydrogen-bond acceptors (Lipinski definition) is 7. The van der Waals surface area contributed by atoms with Crippen LogP contribution >= 0.6 is 0 Å². The Morgan fingerprint density at radius 3 is 1.13 bits per heavy atom. The maximum atomic E-state index is 12.9. The molecule has 71 heavy (non-hydrogen) atoms. The van der Waals surface area contributed by atoms with Crippen LogP contribution in [0.4, 0.5) is 0 Å². The van der Waals surface area contributed by atoms with E-state index in [9.17, 15) is 19.5 Å². The van der Waals surface area contributed by atoms with Crippen LogP contribution in [-0.4, -0.2) is 87.4 Å². The summed E-state index contributed by atoms with van der Waals surface area (Å²) in [4.78, 5) is 37.4. The van der Waals surface area contributed by atoms with Crippen molar-refractivity contribution in [1.82, 2.24) is 0 Å². The van der Waals surface area contributed by atoms with Crippen LogP contribution in [0.1, 0.15) is 206 Å². The van der Waals surface area contributed by atoms with Crippen molar-refractivity contribution in [3.05, 3.63) is 109 Å². The van der Waals surface area contributed by atoms with E-state index < -0.39 is 24.3 Å². The van der Waals surface area contributed by atoms with Crippen LogP contribution in [0.25, 0.3) is 0 Å². The zero-order valence-corrected chi connectivity index (χ0v) is 45.8. The van der Waals surface area contributed by atoms with Gasteiger partial charge in [0, 0.05) is 12.8 Å². The van der Waals surface area contributed by atoms with Gasteiger partial charge < -0.3 is 28.5 Å². The summed E-state index contributed by atoms with van der Waals surface area (Å²) >= 11 is 0. The minimum atomic E-state index is -1.52. The molecule has 9 nitrogen and oxygen atoms in total. The topological polar surface area (TPSA) is 108 Å². The number of unbranched alkanes of at least 4 members (excludes halogenated alkanes) is 17. The average Bonchev–Trinajstić information content (AvgIpc) is 3.34. The number of esters is 2. The van der Waals surface area contributed by atoms with Crippen molar-refractivity contribution in [2.45, 2.75) is 219 Å². The molecule has 2 unspecified atom stereocenters. The summed E-state index contributed by atoms with van der Waals surface area (Å²) in [5, 5.41) is 9.70. The van der Waals surface area contributed by atoms with E-state index in [2.05, 4.69) is 123 Å². The first-order chi connectivity index (χ1) is 34.6. The van der Waals surface area contributed by atoms with E-state index in [0.29, 0.717) is 17.4 Å². The normalized spacial score (nSPS) is 13.6. The van der Waals surface area contributed by atoms with Crippen LogP contribution in [0.5, 0.6) is 0 Å². The van der Waals surface area contributed by atoms with Crippen molar-refractivity contribution in [2.75, 3.05) is 47.5 Å². The van der Waals surface area contributed by atoms with Crippen LogP contribution in [0.2, 0.25) is 0 Å². The number of ether oxygens (including phenoxy) is 4. The molecular weight excluding hydrogens is 887 g/mol. The van der Waals surface area contributed by atoms with Crippen molar-refractivity contribution >= 4 is 17.9 Å². The fourth-order valence-electron chi connectivity index (χ4n) is 7.27. The van der Waals surface area contributed by atoms with E-state index in [-0.39, 0.29) is 38.6 Å². The van der Waals surface area contributed by atoms with Gasteiger partial charge in [0.2, 0.25) is 0 Å². The van der Waals surface area contributed by atoms with Gasteiger partial charge in [-0.05, 0) is 96.3 Å². The SMILES string of the molecule is CC/C=C\C/C=C\C/C=C\C/C=C\C/C=C\CCCCCCCCCCCC(=O)OC(COC(=O)CCCCCCCCCC/C=C\C/C=C\C/C=C\C/C=C\CC)COC(OCC[N+](C)(C)C)C(=O)O. The molecule has 0 aliphatic rings. The van der Waals surface area contributed by atoms with Gasteiger partial charge in [0.25, 0.3) is 6.29 Å². The molecule has 0 fully saturated rings. The Hall–Kier alpha value is -4.05. The van der Waals surface area contributed by atoms with Crippen molar-refractivity contribution < 1.29 is 42.9 Å². The number of carboxylic acid groups (broad SMARTS) is 1. The molecule has 0 saturated heterocycles. The zero-order valence-electron chi connectivity index (χ0n) is 45.8. The van der Waals surface area contributed by atoms with Gasteiger partial charge in [-0.2, -0.15) is 0 Å². The molecule has 0 aliphatic carbocycles. The van der Waals surface area contributed by atoms with Crippen LogP contribution in [0.15, 0.2) is 109 Å². The third kappa shape index (κ3) is 53.6. The van der Waals surface area contributed by atoms with Gasteiger partial charge in [-0.3, -0.25) is 9.59 Å². The first-order valence-electron chi connectivity index (χ1n) is 28.1. The number of rotatable bonds is 50. The third-order valence-electron chi connectivity index (χ3n) is 11.5. The van der Waals surface area contributed by atoms with E-state index in [1.54, 1.807) is 0 Å². The van der Waals surface area contributed by atoms with Gasteiger partial charge in [0.05, 0.1) is 34.4 Å². The minimum Gasteiger partial charge on any atom is -0.477 e. The maximum absolute atomic E-state index is 12.9. The molecule has 2 atom stereocenters. The van der Waals surface area contributed by atoms with Gasteiger partial charge in [0.1, 0.15) is 13.2 Å². The number of allylic oxidation sites excluding steroid dienone is 18. The summed E-state index contributed by atoms with van der Waals surface area (Å²) in [5.74, 6) is -2.03. The number of carbonyl (C=O) groups excluding carboxylic acids is 2. The van der Waals surface area contributed by atoms with Crippen LogP contribution in [-0.2, 0) is 33.3 Å². The second-order valence-corrected chi connectivity index (χ2v) is 19.5. The molecule has 404 valence electrons. The summed E-state index contributed by atoms with van der Waals surface area (Å²) in [6.45, 7) is 4.62. The molecule has 0 aromatic carbocycles. The van der Waals surface area contributed by atoms with Crippen LogP contribution in [0, 0.1) is 0 Å². The number of carbonyl (C=O) groups is 3. The number of nitrogens with zero attached hydrogens (tertiary/aromatic N) is 1. The number of hydrogen-bond donors (Lipinski definition) is 1. The van der Waals surface area contributed by atoms with E-state index >= 15 is 0 Å². The average molecular weight is 992 g/mol. The molecule has 0 radical (unpaired) electrons. The summed E-state index contributed by atoms with van der Waals surface area (Å²) in [6, 6.07) is 0. The largest absolute Gasteiger partial charge is 0.477 e. The quantitative estimate of drug-likeness (QED) is 0.0211. The smallest absolute Gasteiger partial charge is 0.361 e. The van der Waals surface area contributed by atoms with Gasteiger partial charge >= 0.3 is 17.9 Å². The second-order valence-electron chi connectivity index (χ2n) is 19.5. The summed E-state index contributed by atoms with van der Waals surface area (Å²) in [7, 11) is 5.95. The Morgan fingerprint density at radius 2 is 0.761 bits per heavy atom. The summed E-state index contributed by atoms with van der Waals surface area (Å²) < 4.78 is 22.9. The number of quaternary nitrogens is 1. The highest BCUT2D eigenvalue weighted by Gasteiger charge is 2.25. The lowest BCUT2D eigenvalue weighted by Crippen LogP contribution is -2.40. The molecule has 0 aromatic heterocycles. The van der Waals surface area contributed by atoms with E-state index in [0.717, 1.165) is 116 Å². The highest BCUT2D eigenvalue weighted by molar-refractivity contribution is 5.71. The third-order valence-corrected chi connectivity index (χ3v) is 11.5. The van der Waals surface area contributed by atoms with E-state index in [4.69, 9.17) is 18.9 Å². The fourth-order valence-corrected chi connectivity index (χ4v) is 7.27. The Labute approximate surface area is 434 Å². The predicted octanol–water partition coefficient (Wildman–Crippen LogP) is 16.3. The van der Waals surface area contributed by atoms with Gasteiger partial charge in [-0.15, -0.1) is 0 Å². The fraction of sp³-hybridized carbons (Fsp3) is 0.661. The monoisotopic (exact) mass is 991 g/mol. The van der Waals surface area contributed by atoms with Gasteiger partial charge in [0.15, 0.2) is 6.10 Å². The Kier molecular flexibility index (Phi) is 49.3. The van der Waals surface area contributed by atoms with E-state index in [1.165, 1.54) is 57.8 Å². The summed E-state index contributed by atoms with van der Waals surface area (Å²) in [6.07, 6.45) is 68.7. The molecule has 0 saturated carbocycles. The predicted molar refractivity (Wildman–Crippen MR) is 299 cm³/mol. The second kappa shape index (κ2) is 52.3. The first-order valence-corrected chi connectivity index (χ1v) is 28.1. The molecule has 0 rings (SSSR count). The van der Waals surface area contributed by atoms with E-state index in [1.807, 2.05) is 21.1 Å².